The summed E-state index contributed by atoms with van der Waals surface area (Å²) < 4.78 is 5.75. The van der Waals surface area contributed by atoms with Gasteiger partial charge >= 0.3 is 0 Å². The number of hydrogen-bond acceptors (Lipinski definition) is 3. The van der Waals surface area contributed by atoms with E-state index in [1.807, 2.05) is 0 Å². The van der Waals surface area contributed by atoms with Crippen LogP contribution in [0.15, 0.2) is 0 Å². The zero-order valence-electron chi connectivity index (χ0n) is 12.6. The van der Waals surface area contributed by atoms with Gasteiger partial charge in [-0.15, -0.1) is 0 Å². The van der Waals surface area contributed by atoms with Crippen LogP contribution in [-0.2, 0) is 9.53 Å². The lowest BCUT2D eigenvalue weighted by Crippen LogP contribution is -2.45. The summed E-state index contributed by atoms with van der Waals surface area (Å²) >= 11 is 0. The van der Waals surface area contributed by atoms with Crippen molar-refractivity contribution in [1.29, 1.82) is 0 Å². The van der Waals surface area contributed by atoms with E-state index in [1.165, 1.54) is 25.7 Å². The number of carbonyl (C=O) groups excluding carboxylic acids is 1. The van der Waals surface area contributed by atoms with Gasteiger partial charge in [0, 0.05) is 13.2 Å². The van der Waals surface area contributed by atoms with Crippen molar-refractivity contribution in [2.45, 2.75) is 76.6 Å². The zero-order chi connectivity index (χ0) is 13.9. The number of carbonyl (C=O) groups is 1. The molecule has 20 heavy (non-hydrogen) atoms. The second-order valence-electron chi connectivity index (χ2n) is 6.62. The molecule has 1 aliphatic carbocycles. The molecule has 1 amide bonds. The molecule has 2 aliphatic heterocycles. The molecular weight excluding hydrogens is 252 g/mol. The summed E-state index contributed by atoms with van der Waals surface area (Å²) in [6, 6.07) is 0.0482. The van der Waals surface area contributed by atoms with Crippen molar-refractivity contribution in [3.63, 3.8) is 0 Å². The van der Waals surface area contributed by atoms with E-state index in [0.29, 0.717) is 11.8 Å². The van der Waals surface area contributed by atoms with Crippen LogP contribution in [0.5, 0.6) is 0 Å². The number of ether oxygens (including phenoxy) is 1. The minimum absolute atomic E-state index is 0.0482. The Morgan fingerprint density at radius 1 is 1.25 bits per heavy atom. The van der Waals surface area contributed by atoms with Crippen molar-refractivity contribution >= 4 is 5.91 Å². The quantitative estimate of drug-likeness (QED) is 0.840. The highest BCUT2D eigenvalue weighted by atomic mass is 16.5. The van der Waals surface area contributed by atoms with Crippen LogP contribution < -0.4 is 5.32 Å². The minimum Gasteiger partial charge on any atom is -0.376 e. The van der Waals surface area contributed by atoms with Crippen LogP contribution >= 0.6 is 0 Å². The molecule has 3 unspecified atom stereocenters. The van der Waals surface area contributed by atoms with E-state index in [4.69, 9.17) is 4.74 Å². The molecule has 0 radical (unpaired) electrons. The molecule has 0 aromatic heterocycles. The maximum atomic E-state index is 12.7. The molecule has 3 rings (SSSR count). The minimum atomic E-state index is 0.0482. The van der Waals surface area contributed by atoms with E-state index in [1.54, 1.807) is 0 Å². The van der Waals surface area contributed by atoms with Gasteiger partial charge < -0.3 is 9.64 Å². The first-order valence-electron chi connectivity index (χ1n) is 8.47. The van der Waals surface area contributed by atoms with Gasteiger partial charge in [-0.3, -0.25) is 10.1 Å². The van der Waals surface area contributed by atoms with Crippen LogP contribution in [0.1, 0.15) is 58.3 Å². The molecular formula is C16H28N2O2. The number of amides is 1. The van der Waals surface area contributed by atoms with E-state index in [-0.39, 0.29) is 18.3 Å². The summed E-state index contributed by atoms with van der Waals surface area (Å²) in [7, 11) is 0. The van der Waals surface area contributed by atoms with E-state index in [0.717, 1.165) is 38.8 Å². The first-order valence-corrected chi connectivity index (χ1v) is 8.47. The zero-order valence-corrected chi connectivity index (χ0v) is 12.6. The number of nitrogens with one attached hydrogen (secondary N) is 1. The van der Waals surface area contributed by atoms with Crippen LogP contribution in [0.25, 0.3) is 0 Å². The van der Waals surface area contributed by atoms with E-state index < -0.39 is 0 Å². The molecule has 0 spiro atoms. The van der Waals surface area contributed by atoms with Gasteiger partial charge in [0.15, 0.2) is 0 Å². The highest BCUT2D eigenvalue weighted by Gasteiger charge is 2.43. The van der Waals surface area contributed by atoms with Gasteiger partial charge in [-0.25, -0.2) is 0 Å². The third-order valence-corrected chi connectivity index (χ3v) is 5.14. The van der Waals surface area contributed by atoms with E-state index in [9.17, 15) is 4.79 Å². The van der Waals surface area contributed by atoms with Crippen LogP contribution in [0, 0.1) is 5.92 Å². The largest absolute Gasteiger partial charge is 0.376 e. The third-order valence-electron chi connectivity index (χ3n) is 5.14. The average molecular weight is 280 g/mol. The fourth-order valence-corrected chi connectivity index (χ4v) is 4.08. The van der Waals surface area contributed by atoms with Crippen LogP contribution in [0.3, 0.4) is 0 Å². The summed E-state index contributed by atoms with van der Waals surface area (Å²) in [5, 5.41) is 3.63. The summed E-state index contributed by atoms with van der Waals surface area (Å²) in [5.74, 6) is 0.974. The van der Waals surface area contributed by atoms with Gasteiger partial charge in [0.2, 0.25) is 5.91 Å². The van der Waals surface area contributed by atoms with Gasteiger partial charge in [-0.2, -0.15) is 0 Å². The Balaban J connectivity index is 1.68. The second kappa shape index (κ2) is 6.44. The first kappa shape index (κ1) is 14.3. The molecule has 4 heteroatoms. The predicted octanol–water partition coefficient (Wildman–Crippen LogP) is 2.28. The van der Waals surface area contributed by atoms with Crippen molar-refractivity contribution in [2.75, 3.05) is 13.2 Å². The maximum absolute atomic E-state index is 12.7. The fourth-order valence-electron chi connectivity index (χ4n) is 4.08. The molecule has 2 heterocycles. The first-order chi connectivity index (χ1) is 9.79. The van der Waals surface area contributed by atoms with Gasteiger partial charge in [-0.05, 0) is 38.0 Å². The molecule has 114 valence electrons. The Hall–Kier alpha value is -0.610. The fraction of sp³-hybridized carbons (Fsp3) is 0.938. The van der Waals surface area contributed by atoms with Crippen LogP contribution in [0.4, 0.5) is 0 Å². The summed E-state index contributed by atoms with van der Waals surface area (Å²) in [6.07, 6.45) is 10.0. The van der Waals surface area contributed by atoms with Gasteiger partial charge in [-0.1, -0.05) is 26.2 Å². The van der Waals surface area contributed by atoms with Gasteiger partial charge in [0.25, 0.3) is 0 Å². The van der Waals surface area contributed by atoms with Crippen molar-refractivity contribution in [3.8, 4) is 0 Å². The van der Waals surface area contributed by atoms with Crippen molar-refractivity contribution < 1.29 is 9.53 Å². The molecule has 3 aliphatic rings. The summed E-state index contributed by atoms with van der Waals surface area (Å²) in [6.45, 7) is 3.82. The molecule has 4 nitrogen and oxygen atoms in total. The molecule has 3 fully saturated rings. The monoisotopic (exact) mass is 280 g/mol. The normalized spacial score (nSPS) is 35.4. The molecule has 0 aromatic rings. The third kappa shape index (κ3) is 2.86. The van der Waals surface area contributed by atoms with Crippen LogP contribution in [-0.4, -0.2) is 42.3 Å². The van der Waals surface area contributed by atoms with E-state index in [2.05, 4.69) is 17.1 Å². The second-order valence-corrected chi connectivity index (χ2v) is 6.62. The lowest BCUT2D eigenvalue weighted by atomic mass is 10.0. The highest BCUT2D eigenvalue weighted by molar-refractivity contribution is 5.84. The molecule has 1 N–H and O–H groups in total. The van der Waals surface area contributed by atoms with Crippen LogP contribution in [0.2, 0.25) is 0 Å². The Morgan fingerprint density at radius 2 is 2.05 bits per heavy atom. The molecule has 0 aromatic carbocycles. The van der Waals surface area contributed by atoms with Gasteiger partial charge in [0.05, 0.1) is 18.3 Å². The smallest absolute Gasteiger partial charge is 0.241 e. The SMILES string of the molecule is CCCC1NC(C2CCCC2)N(CC2CCCO2)C1=O. The van der Waals surface area contributed by atoms with Crippen molar-refractivity contribution in [3.05, 3.63) is 0 Å². The topological polar surface area (TPSA) is 41.6 Å². The summed E-state index contributed by atoms with van der Waals surface area (Å²) in [4.78, 5) is 14.8. The van der Waals surface area contributed by atoms with Gasteiger partial charge in [0.1, 0.15) is 0 Å². The van der Waals surface area contributed by atoms with Crippen molar-refractivity contribution in [2.24, 2.45) is 5.92 Å². The standard InChI is InChI=1S/C16H28N2O2/c1-2-6-14-16(19)18(11-13-9-5-10-20-13)15(17-14)12-7-3-4-8-12/h12-15,17H,2-11H2,1H3. The maximum Gasteiger partial charge on any atom is 0.241 e. The Kier molecular flexibility index (Phi) is 4.61. The Labute approximate surface area is 122 Å². The van der Waals surface area contributed by atoms with Crippen molar-refractivity contribution in [1.82, 2.24) is 10.2 Å². The number of hydrogen-bond donors (Lipinski definition) is 1. The summed E-state index contributed by atoms with van der Waals surface area (Å²) in [5.41, 5.74) is 0. The highest BCUT2D eigenvalue weighted by Crippen LogP contribution is 2.33. The Morgan fingerprint density at radius 3 is 2.70 bits per heavy atom. The lowest BCUT2D eigenvalue weighted by molar-refractivity contribution is -0.132. The molecule has 3 atom stereocenters. The Bertz CT molecular complexity index is 335. The molecule has 0 bridgehead atoms. The number of rotatable bonds is 5. The average Bonchev–Trinajstić information content (AvgIpc) is 3.16. The predicted molar refractivity (Wildman–Crippen MR) is 78.3 cm³/mol. The molecule has 1 saturated carbocycles. The lowest BCUT2D eigenvalue weighted by Gasteiger charge is -2.30. The molecule has 2 saturated heterocycles. The number of nitrogens with zero attached hydrogens (tertiary/aromatic N) is 1. The van der Waals surface area contributed by atoms with E-state index >= 15 is 0 Å².